The molecule has 3 aromatic rings. The van der Waals surface area contributed by atoms with Crippen molar-refractivity contribution >= 4 is 32.5 Å². The number of nitrogens with zero attached hydrogens (tertiary/aromatic N) is 1. The van der Waals surface area contributed by atoms with E-state index in [1.807, 2.05) is 4.72 Å². The number of carbonyl (C=O) groups excluding carboxylic acids is 1. The summed E-state index contributed by atoms with van der Waals surface area (Å²) in [5.74, 6) is -3.11. The highest BCUT2D eigenvalue weighted by molar-refractivity contribution is 7.92. The number of sulfonamides is 1. The molecule has 0 aliphatic rings. The molecule has 2 N–H and O–H groups in total. The van der Waals surface area contributed by atoms with Crippen molar-refractivity contribution in [1.29, 1.82) is 0 Å². The second-order valence-electron chi connectivity index (χ2n) is 5.43. The molecule has 0 unspecified atom stereocenters. The van der Waals surface area contributed by atoms with E-state index in [0.717, 1.165) is 18.4 Å². The van der Waals surface area contributed by atoms with E-state index in [1.165, 1.54) is 25.6 Å². The Kier molecular flexibility index (Phi) is 4.36. The third-order valence-electron chi connectivity index (χ3n) is 3.61. The second kappa shape index (κ2) is 6.37. The van der Waals surface area contributed by atoms with Gasteiger partial charge in [-0.1, -0.05) is 0 Å². The van der Waals surface area contributed by atoms with Crippen LogP contribution in [0.15, 0.2) is 30.6 Å². The minimum atomic E-state index is -3.81. The summed E-state index contributed by atoms with van der Waals surface area (Å²) in [6, 6.07) is 3.22. The summed E-state index contributed by atoms with van der Waals surface area (Å²) in [6.45, 7) is 0. The topological polar surface area (TPSA) is 101 Å². The van der Waals surface area contributed by atoms with E-state index in [1.54, 1.807) is 0 Å². The van der Waals surface area contributed by atoms with Crippen LogP contribution in [0.2, 0.25) is 0 Å². The first-order valence-corrected chi connectivity index (χ1v) is 9.12. The fraction of sp³-hybridized carbons (Fsp3) is 0.125. The number of ether oxygens (including phenoxy) is 1. The van der Waals surface area contributed by atoms with Crippen molar-refractivity contribution in [2.45, 2.75) is 0 Å². The zero-order chi connectivity index (χ0) is 19.1. The highest BCUT2D eigenvalue weighted by Gasteiger charge is 2.26. The van der Waals surface area contributed by atoms with E-state index in [-0.39, 0.29) is 10.9 Å². The number of pyridine rings is 1. The van der Waals surface area contributed by atoms with Crippen molar-refractivity contribution < 1.29 is 26.7 Å². The van der Waals surface area contributed by atoms with Gasteiger partial charge >= 0.3 is 0 Å². The molecular weight excluding hydrogens is 368 g/mol. The summed E-state index contributed by atoms with van der Waals surface area (Å²) < 4.78 is 58.6. The maximum absolute atomic E-state index is 14.6. The van der Waals surface area contributed by atoms with Crippen molar-refractivity contribution in [2.75, 3.05) is 18.1 Å². The standard InChI is InChI=1S/C16H13F2N3O4S/c1-25-11-5-6-19-16-12(11)8(7-20-16)15(22)13-9(17)3-4-10(14(13)18)21-26(2,23)24/h3-7,21H,1-2H3,(H,19,20). The molecule has 0 radical (unpaired) electrons. The molecule has 0 fully saturated rings. The van der Waals surface area contributed by atoms with Crippen LogP contribution in [0.5, 0.6) is 5.75 Å². The average molecular weight is 381 g/mol. The van der Waals surface area contributed by atoms with E-state index < -0.39 is 38.7 Å². The normalized spacial score (nSPS) is 11.5. The van der Waals surface area contributed by atoms with E-state index in [0.29, 0.717) is 11.4 Å². The number of benzene rings is 1. The van der Waals surface area contributed by atoms with Crippen LogP contribution in [-0.4, -0.2) is 37.5 Å². The van der Waals surface area contributed by atoms with Crippen LogP contribution in [0.1, 0.15) is 15.9 Å². The average Bonchev–Trinajstić information content (AvgIpc) is 3.00. The molecule has 2 aromatic heterocycles. The molecule has 0 amide bonds. The van der Waals surface area contributed by atoms with Gasteiger partial charge in [0.15, 0.2) is 5.82 Å². The summed E-state index contributed by atoms with van der Waals surface area (Å²) in [5, 5.41) is 0.264. The Balaban J connectivity index is 2.19. The van der Waals surface area contributed by atoms with Crippen LogP contribution < -0.4 is 9.46 Å². The lowest BCUT2D eigenvalue weighted by Gasteiger charge is -2.10. The molecule has 0 aliphatic heterocycles. The van der Waals surface area contributed by atoms with Gasteiger partial charge in [0.25, 0.3) is 0 Å². The molecule has 2 heterocycles. The summed E-state index contributed by atoms with van der Waals surface area (Å²) in [4.78, 5) is 19.6. The molecule has 136 valence electrons. The molecular formula is C16H13F2N3O4S. The molecule has 10 heteroatoms. The summed E-state index contributed by atoms with van der Waals surface area (Å²) >= 11 is 0. The molecule has 0 saturated heterocycles. The number of hydrogen-bond acceptors (Lipinski definition) is 5. The van der Waals surface area contributed by atoms with Gasteiger partial charge in [-0.2, -0.15) is 0 Å². The molecule has 0 bridgehead atoms. The number of ketones is 1. The van der Waals surface area contributed by atoms with Crippen molar-refractivity contribution in [2.24, 2.45) is 0 Å². The lowest BCUT2D eigenvalue weighted by molar-refractivity contribution is 0.103. The van der Waals surface area contributed by atoms with Crippen molar-refractivity contribution in [3.8, 4) is 5.75 Å². The predicted molar refractivity (Wildman–Crippen MR) is 90.9 cm³/mol. The molecule has 0 atom stereocenters. The lowest BCUT2D eigenvalue weighted by Crippen LogP contribution is -2.14. The molecule has 0 saturated carbocycles. The molecule has 1 aromatic carbocycles. The van der Waals surface area contributed by atoms with Gasteiger partial charge in [-0.15, -0.1) is 0 Å². The maximum atomic E-state index is 14.6. The zero-order valence-electron chi connectivity index (χ0n) is 13.6. The summed E-state index contributed by atoms with van der Waals surface area (Å²) in [7, 11) is -2.43. The number of carbonyl (C=O) groups is 1. The smallest absolute Gasteiger partial charge is 0.229 e. The van der Waals surface area contributed by atoms with Gasteiger partial charge in [0.1, 0.15) is 17.2 Å². The van der Waals surface area contributed by atoms with Gasteiger partial charge in [-0.3, -0.25) is 9.52 Å². The van der Waals surface area contributed by atoms with E-state index in [9.17, 15) is 22.0 Å². The largest absolute Gasteiger partial charge is 0.496 e. The van der Waals surface area contributed by atoms with Crippen LogP contribution in [0, 0.1) is 11.6 Å². The highest BCUT2D eigenvalue weighted by Crippen LogP contribution is 2.31. The summed E-state index contributed by atoms with van der Waals surface area (Å²) in [5.41, 5.74) is -1.16. The third kappa shape index (κ3) is 3.10. The minimum Gasteiger partial charge on any atom is -0.496 e. The van der Waals surface area contributed by atoms with Gasteiger partial charge < -0.3 is 9.72 Å². The Hall–Kier alpha value is -3.01. The Morgan fingerprint density at radius 3 is 2.65 bits per heavy atom. The minimum absolute atomic E-state index is 0.0562. The fourth-order valence-electron chi connectivity index (χ4n) is 2.55. The van der Waals surface area contributed by atoms with Crippen LogP contribution in [-0.2, 0) is 10.0 Å². The van der Waals surface area contributed by atoms with Crippen molar-refractivity contribution in [1.82, 2.24) is 9.97 Å². The van der Waals surface area contributed by atoms with E-state index >= 15 is 0 Å². The number of H-pyrrole nitrogens is 1. The van der Waals surface area contributed by atoms with Crippen LogP contribution in [0.3, 0.4) is 0 Å². The third-order valence-corrected chi connectivity index (χ3v) is 4.20. The zero-order valence-corrected chi connectivity index (χ0v) is 14.4. The number of nitrogens with one attached hydrogen (secondary N) is 2. The monoisotopic (exact) mass is 381 g/mol. The Morgan fingerprint density at radius 2 is 2.00 bits per heavy atom. The Morgan fingerprint density at radius 1 is 1.27 bits per heavy atom. The van der Waals surface area contributed by atoms with E-state index in [2.05, 4.69) is 9.97 Å². The lowest BCUT2D eigenvalue weighted by atomic mass is 10.0. The number of hydrogen-bond donors (Lipinski definition) is 2. The summed E-state index contributed by atoms with van der Waals surface area (Å²) in [6.07, 6.45) is 3.52. The number of aromatic amines is 1. The molecule has 3 rings (SSSR count). The van der Waals surface area contributed by atoms with E-state index in [4.69, 9.17) is 4.74 Å². The molecule has 26 heavy (non-hydrogen) atoms. The fourth-order valence-corrected chi connectivity index (χ4v) is 3.11. The van der Waals surface area contributed by atoms with Gasteiger partial charge in [0.05, 0.1) is 35.6 Å². The number of rotatable bonds is 5. The van der Waals surface area contributed by atoms with Gasteiger partial charge in [-0.05, 0) is 18.2 Å². The maximum Gasteiger partial charge on any atom is 0.229 e. The Labute approximate surface area is 147 Å². The van der Waals surface area contributed by atoms with Gasteiger partial charge in [0, 0.05) is 12.4 Å². The number of halogens is 2. The first-order valence-electron chi connectivity index (χ1n) is 7.23. The number of anilines is 1. The van der Waals surface area contributed by atoms with Crippen molar-refractivity contribution in [3.63, 3.8) is 0 Å². The molecule has 0 spiro atoms. The SMILES string of the molecule is COc1ccnc2[nH]cc(C(=O)c3c(F)ccc(NS(C)(=O)=O)c3F)c12. The second-order valence-corrected chi connectivity index (χ2v) is 7.17. The van der Waals surface area contributed by atoms with Crippen LogP contribution in [0.25, 0.3) is 11.0 Å². The predicted octanol–water partition coefficient (Wildman–Crippen LogP) is 2.45. The molecule has 0 aliphatic carbocycles. The van der Waals surface area contributed by atoms with Crippen LogP contribution in [0.4, 0.5) is 14.5 Å². The Bertz CT molecular complexity index is 1130. The first-order chi connectivity index (χ1) is 12.2. The number of fused-ring (bicyclic) bond motifs is 1. The quantitative estimate of drug-likeness (QED) is 0.661. The van der Waals surface area contributed by atoms with Crippen LogP contribution >= 0.6 is 0 Å². The highest BCUT2D eigenvalue weighted by atomic mass is 32.2. The van der Waals surface area contributed by atoms with Gasteiger partial charge in [-0.25, -0.2) is 22.2 Å². The van der Waals surface area contributed by atoms with Gasteiger partial charge in [0.2, 0.25) is 15.8 Å². The van der Waals surface area contributed by atoms with Crippen molar-refractivity contribution in [3.05, 3.63) is 53.4 Å². The first kappa shape index (κ1) is 17.8. The molecule has 7 nitrogen and oxygen atoms in total. The number of methoxy groups -OCH3 is 1. The number of aromatic nitrogens is 2.